The second-order valence-corrected chi connectivity index (χ2v) is 5.01. The summed E-state index contributed by atoms with van der Waals surface area (Å²) in [6.45, 7) is 5.27. The molecule has 0 amide bonds. The van der Waals surface area contributed by atoms with Gasteiger partial charge in [0.2, 0.25) is 0 Å². The summed E-state index contributed by atoms with van der Waals surface area (Å²) in [4.78, 5) is 0. The third kappa shape index (κ3) is 3.41. The monoisotopic (exact) mass is 218 g/mol. The van der Waals surface area contributed by atoms with E-state index in [1.165, 1.54) is 0 Å². The lowest BCUT2D eigenvalue weighted by molar-refractivity contribution is -0.233. The van der Waals surface area contributed by atoms with Crippen LogP contribution in [0.15, 0.2) is 0 Å². The lowest BCUT2D eigenvalue weighted by Crippen LogP contribution is -2.49. The molecule has 0 radical (unpaired) electrons. The van der Waals surface area contributed by atoms with E-state index in [0.717, 1.165) is 12.8 Å². The van der Waals surface area contributed by atoms with Crippen molar-refractivity contribution in [1.82, 2.24) is 0 Å². The predicted molar refractivity (Wildman–Crippen MR) is 56.4 cm³/mol. The Morgan fingerprint density at radius 1 is 1.40 bits per heavy atom. The van der Waals surface area contributed by atoms with Crippen molar-refractivity contribution in [2.45, 2.75) is 57.7 Å². The predicted octanol–water partition coefficient (Wildman–Crippen LogP) is 0.906. The molecular weight excluding hydrogens is 196 g/mol. The highest BCUT2D eigenvalue weighted by Crippen LogP contribution is 2.29. The summed E-state index contributed by atoms with van der Waals surface area (Å²) in [7, 11) is 1.59. The van der Waals surface area contributed by atoms with Crippen LogP contribution in [0.4, 0.5) is 0 Å². The van der Waals surface area contributed by atoms with E-state index in [1.54, 1.807) is 21.0 Å². The molecule has 0 aromatic carbocycles. The second-order valence-electron chi connectivity index (χ2n) is 5.01. The maximum atomic E-state index is 9.91. The summed E-state index contributed by atoms with van der Waals surface area (Å²) in [5.41, 5.74) is -1.14. The van der Waals surface area contributed by atoms with E-state index in [2.05, 4.69) is 6.92 Å². The molecule has 1 saturated heterocycles. The number of rotatable bonds is 3. The summed E-state index contributed by atoms with van der Waals surface area (Å²) in [6.07, 6.45) is 0.101. The van der Waals surface area contributed by atoms with Gasteiger partial charge in [-0.15, -0.1) is 0 Å². The van der Waals surface area contributed by atoms with Crippen LogP contribution in [0, 0.1) is 5.92 Å². The summed E-state index contributed by atoms with van der Waals surface area (Å²) in [5.74, 6) is 0.436. The van der Waals surface area contributed by atoms with Gasteiger partial charge in [-0.3, -0.25) is 0 Å². The molecule has 1 fully saturated rings. The fourth-order valence-corrected chi connectivity index (χ4v) is 1.94. The van der Waals surface area contributed by atoms with Gasteiger partial charge in [-0.1, -0.05) is 6.92 Å². The maximum absolute atomic E-state index is 9.91. The topological polar surface area (TPSA) is 58.9 Å². The molecule has 0 aliphatic carbocycles. The van der Waals surface area contributed by atoms with Crippen molar-refractivity contribution in [2.75, 3.05) is 7.11 Å². The van der Waals surface area contributed by atoms with Crippen molar-refractivity contribution in [3.05, 3.63) is 0 Å². The number of hydrogen-bond acceptors (Lipinski definition) is 4. The molecule has 4 heteroatoms. The summed E-state index contributed by atoms with van der Waals surface area (Å²) < 4.78 is 10.7. The van der Waals surface area contributed by atoms with Crippen LogP contribution in [0.25, 0.3) is 0 Å². The number of ether oxygens (including phenoxy) is 2. The lowest BCUT2D eigenvalue weighted by Gasteiger charge is -2.39. The Balaban J connectivity index is 2.61. The van der Waals surface area contributed by atoms with Crippen LogP contribution in [-0.2, 0) is 9.47 Å². The summed E-state index contributed by atoms with van der Waals surface area (Å²) >= 11 is 0. The van der Waals surface area contributed by atoms with Crippen LogP contribution in [-0.4, -0.2) is 41.4 Å². The van der Waals surface area contributed by atoms with Crippen molar-refractivity contribution >= 4 is 0 Å². The number of hydrogen-bond donors (Lipinski definition) is 2. The highest BCUT2D eigenvalue weighted by molar-refractivity contribution is 4.87. The lowest BCUT2D eigenvalue weighted by atomic mass is 9.88. The standard InChI is InChI=1S/C11H22O4/c1-7-5-8(10(12)11(2,3)13)15-9(6-7)14-4/h7-10,12-13H,5-6H2,1-4H3/t7-,8-,9?,10?/m0/s1. The number of aliphatic hydroxyl groups is 2. The molecule has 0 aromatic heterocycles. The zero-order valence-corrected chi connectivity index (χ0v) is 9.93. The van der Waals surface area contributed by atoms with Crippen LogP contribution < -0.4 is 0 Å². The molecule has 90 valence electrons. The summed E-state index contributed by atoms with van der Waals surface area (Å²) in [5, 5.41) is 19.6. The smallest absolute Gasteiger partial charge is 0.157 e. The van der Waals surface area contributed by atoms with Crippen molar-refractivity contribution in [3.8, 4) is 0 Å². The van der Waals surface area contributed by atoms with Gasteiger partial charge >= 0.3 is 0 Å². The molecule has 0 bridgehead atoms. The maximum Gasteiger partial charge on any atom is 0.157 e. The molecule has 1 rings (SSSR count). The fourth-order valence-electron chi connectivity index (χ4n) is 1.94. The molecule has 4 nitrogen and oxygen atoms in total. The fraction of sp³-hybridized carbons (Fsp3) is 1.00. The first-order valence-corrected chi connectivity index (χ1v) is 5.43. The van der Waals surface area contributed by atoms with Crippen LogP contribution >= 0.6 is 0 Å². The van der Waals surface area contributed by atoms with E-state index in [4.69, 9.17) is 9.47 Å². The van der Waals surface area contributed by atoms with Gasteiger partial charge in [-0.25, -0.2) is 0 Å². The zero-order valence-electron chi connectivity index (χ0n) is 9.93. The average Bonchev–Trinajstić information content (AvgIpc) is 2.14. The van der Waals surface area contributed by atoms with Crippen molar-refractivity contribution in [1.29, 1.82) is 0 Å². The van der Waals surface area contributed by atoms with Crippen molar-refractivity contribution in [3.63, 3.8) is 0 Å². The Morgan fingerprint density at radius 2 is 2.00 bits per heavy atom. The van der Waals surface area contributed by atoms with E-state index in [0.29, 0.717) is 5.92 Å². The van der Waals surface area contributed by atoms with Crippen molar-refractivity contribution in [2.24, 2.45) is 5.92 Å². The molecule has 2 unspecified atom stereocenters. The van der Waals surface area contributed by atoms with Crippen LogP contribution in [0.5, 0.6) is 0 Å². The first-order chi connectivity index (χ1) is 6.84. The summed E-state index contributed by atoms with van der Waals surface area (Å²) in [6, 6.07) is 0. The molecule has 15 heavy (non-hydrogen) atoms. The Kier molecular flexibility index (Phi) is 4.12. The third-order valence-electron chi connectivity index (χ3n) is 2.89. The third-order valence-corrected chi connectivity index (χ3v) is 2.89. The minimum atomic E-state index is -1.14. The Morgan fingerprint density at radius 3 is 2.47 bits per heavy atom. The first kappa shape index (κ1) is 12.9. The molecule has 1 aliphatic heterocycles. The van der Waals surface area contributed by atoms with Gasteiger partial charge in [0.25, 0.3) is 0 Å². The normalized spacial score (nSPS) is 35.2. The number of aliphatic hydroxyl groups excluding tert-OH is 1. The average molecular weight is 218 g/mol. The molecule has 1 aliphatic rings. The van der Waals surface area contributed by atoms with E-state index in [9.17, 15) is 10.2 Å². The number of methoxy groups -OCH3 is 1. The highest BCUT2D eigenvalue weighted by Gasteiger charge is 2.38. The van der Waals surface area contributed by atoms with E-state index >= 15 is 0 Å². The van der Waals surface area contributed by atoms with Gasteiger partial charge in [0.05, 0.1) is 11.7 Å². The van der Waals surface area contributed by atoms with Crippen molar-refractivity contribution < 1.29 is 19.7 Å². The van der Waals surface area contributed by atoms with Crippen LogP contribution in [0.3, 0.4) is 0 Å². The zero-order chi connectivity index (χ0) is 11.6. The quantitative estimate of drug-likeness (QED) is 0.739. The van der Waals surface area contributed by atoms with E-state index < -0.39 is 11.7 Å². The van der Waals surface area contributed by atoms with Gasteiger partial charge in [-0.05, 0) is 26.2 Å². The molecule has 1 heterocycles. The molecule has 0 spiro atoms. The molecule has 4 atom stereocenters. The van der Waals surface area contributed by atoms with Gasteiger partial charge in [-0.2, -0.15) is 0 Å². The second kappa shape index (κ2) is 4.78. The van der Waals surface area contributed by atoms with Gasteiger partial charge in [0, 0.05) is 13.5 Å². The highest BCUT2D eigenvalue weighted by atomic mass is 16.7. The molecule has 2 N–H and O–H groups in total. The molecule has 0 saturated carbocycles. The van der Waals surface area contributed by atoms with Gasteiger partial charge in [0.15, 0.2) is 6.29 Å². The minimum Gasteiger partial charge on any atom is -0.388 e. The molecular formula is C11H22O4. The van der Waals surface area contributed by atoms with Gasteiger partial charge in [0.1, 0.15) is 6.10 Å². The van der Waals surface area contributed by atoms with Crippen LogP contribution in [0.1, 0.15) is 33.6 Å². The Bertz CT molecular complexity index is 199. The largest absolute Gasteiger partial charge is 0.388 e. The minimum absolute atomic E-state index is 0.268. The van der Waals surface area contributed by atoms with Gasteiger partial charge < -0.3 is 19.7 Å². The van der Waals surface area contributed by atoms with E-state index in [1.807, 2.05) is 0 Å². The first-order valence-electron chi connectivity index (χ1n) is 5.43. The SMILES string of the molecule is COC1C[C@@H](C)C[C@@H](C(O)C(C)(C)O)O1. The van der Waals surface area contributed by atoms with E-state index in [-0.39, 0.29) is 12.4 Å². The Hall–Kier alpha value is -0.160. The Labute approximate surface area is 91.2 Å². The van der Waals surface area contributed by atoms with Crippen LogP contribution in [0.2, 0.25) is 0 Å². The molecule has 0 aromatic rings.